The van der Waals surface area contributed by atoms with Crippen LogP contribution in [0.1, 0.15) is 54.0 Å². The number of carbonyl (C=O) groups excluding carboxylic acids is 3. The minimum absolute atomic E-state index is 0.0938. The Hall–Kier alpha value is -5.73. The number of carbonyl (C=O) groups is 3. The lowest BCUT2D eigenvalue weighted by atomic mass is 9.90. The number of amides is 2. The fraction of sp³-hybridized carbons (Fsp3) is 0.195. The van der Waals surface area contributed by atoms with Crippen LogP contribution in [0.3, 0.4) is 0 Å². The Bertz CT molecular complexity index is 1730. The Kier molecular flexibility index (Phi) is 12.3. The van der Waals surface area contributed by atoms with Crippen LogP contribution in [0.5, 0.6) is 11.5 Å². The van der Waals surface area contributed by atoms with E-state index in [1.54, 1.807) is 0 Å². The maximum Gasteiger partial charge on any atom is 0.323 e. The summed E-state index contributed by atoms with van der Waals surface area (Å²) in [5.74, 6) is -0.576. The lowest BCUT2D eigenvalue weighted by Gasteiger charge is -2.25. The van der Waals surface area contributed by atoms with Gasteiger partial charge in [0.15, 0.2) is 0 Å². The molecular weight excluding hydrogens is 614 g/mol. The lowest BCUT2D eigenvalue weighted by molar-refractivity contribution is -0.146. The number of benzene rings is 5. The van der Waals surface area contributed by atoms with Crippen LogP contribution in [0.25, 0.3) is 0 Å². The summed E-state index contributed by atoms with van der Waals surface area (Å²) in [6.07, 6.45) is 0.235. The van der Waals surface area contributed by atoms with Crippen molar-refractivity contribution in [2.45, 2.75) is 50.4 Å². The molecule has 1 unspecified atom stereocenters. The van der Waals surface area contributed by atoms with Gasteiger partial charge in [0.25, 0.3) is 0 Å². The quantitative estimate of drug-likeness (QED) is 0.107. The zero-order chi connectivity index (χ0) is 34.4. The van der Waals surface area contributed by atoms with Crippen molar-refractivity contribution in [3.63, 3.8) is 0 Å². The van der Waals surface area contributed by atoms with E-state index >= 15 is 0 Å². The first-order chi connectivity index (χ1) is 23.9. The van der Waals surface area contributed by atoms with E-state index < -0.39 is 29.9 Å². The van der Waals surface area contributed by atoms with Crippen molar-refractivity contribution in [3.05, 3.63) is 168 Å². The number of esters is 1. The summed E-state index contributed by atoms with van der Waals surface area (Å²) in [6.45, 7) is 1.96. The van der Waals surface area contributed by atoms with Gasteiger partial charge in [-0.1, -0.05) is 121 Å². The average Bonchev–Trinajstić information content (AvgIpc) is 3.14. The molecule has 8 nitrogen and oxygen atoms in total. The van der Waals surface area contributed by atoms with Crippen LogP contribution in [0.2, 0.25) is 0 Å². The summed E-state index contributed by atoms with van der Waals surface area (Å²) >= 11 is 0. The van der Waals surface area contributed by atoms with Gasteiger partial charge in [-0.05, 0) is 66.3 Å². The second-order valence-corrected chi connectivity index (χ2v) is 11.8. The minimum Gasteiger partial charge on any atom is -0.460 e. The molecule has 5 aromatic rings. The highest BCUT2D eigenvalue weighted by atomic mass is 16.5. The number of hydrogen-bond donors (Lipinski definition) is 3. The molecule has 2 amide bonds. The first kappa shape index (κ1) is 34.6. The Balaban J connectivity index is 1.29. The summed E-state index contributed by atoms with van der Waals surface area (Å²) < 4.78 is 11.3. The molecule has 0 bridgehead atoms. The molecule has 4 N–H and O–H groups in total. The van der Waals surface area contributed by atoms with Crippen LogP contribution in [-0.4, -0.2) is 29.9 Å². The normalized spacial score (nSPS) is 12.7. The van der Waals surface area contributed by atoms with Gasteiger partial charge in [-0.15, -0.1) is 0 Å². The second kappa shape index (κ2) is 17.4. The van der Waals surface area contributed by atoms with E-state index in [0.29, 0.717) is 5.75 Å². The van der Waals surface area contributed by atoms with E-state index in [0.717, 1.165) is 28.0 Å². The molecule has 0 aliphatic heterocycles. The molecule has 5 rings (SSSR count). The smallest absolute Gasteiger partial charge is 0.323 e. The van der Waals surface area contributed by atoms with E-state index in [1.165, 1.54) is 0 Å². The van der Waals surface area contributed by atoms with Crippen molar-refractivity contribution in [2.24, 2.45) is 5.73 Å². The summed E-state index contributed by atoms with van der Waals surface area (Å²) in [4.78, 5) is 40.6. The van der Waals surface area contributed by atoms with E-state index in [2.05, 4.69) is 10.6 Å². The van der Waals surface area contributed by atoms with Crippen LogP contribution >= 0.6 is 0 Å². The Morgan fingerprint density at radius 1 is 0.592 bits per heavy atom. The molecule has 49 heavy (non-hydrogen) atoms. The summed E-state index contributed by atoms with van der Waals surface area (Å²) in [5, 5.41) is 6.02. The molecule has 5 aromatic carbocycles. The van der Waals surface area contributed by atoms with E-state index in [9.17, 15) is 14.4 Å². The van der Waals surface area contributed by atoms with Crippen molar-refractivity contribution in [1.29, 1.82) is 0 Å². The molecule has 0 saturated carbocycles. The van der Waals surface area contributed by atoms with Crippen LogP contribution in [0, 0.1) is 0 Å². The van der Waals surface area contributed by atoms with Crippen molar-refractivity contribution >= 4 is 17.8 Å². The number of ether oxygens (including phenoxy) is 2. The lowest BCUT2D eigenvalue weighted by Crippen LogP contribution is -2.49. The van der Waals surface area contributed by atoms with Crippen molar-refractivity contribution < 1.29 is 23.9 Å². The maximum absolute atomic E-state index is 14.0. The highest BCUT2D eigenvalue weighted by molar-refractivity contribution is 5.92. The van der Waals surface area contributed by atoms with E-state index in [-0.39, 0.29) is 31.4 Å². The highest BCUT2D eigenvalue weighted by Gasteiger charge is 2.30. The van der Waals surface area contributed by atoms with E-state index in [1.807, 2.05) is 153 Å². The number of rotatable bonds is 15. The second-order valence-electron chi connectivity index (χ2n) is 11.8. The first-order valence-electron chi connectivity index (χ1n) is 16.4. The van der Waals surface area contributed by atoms with Gasteiger partial charge in [-0.25, -0.2) is 0 Å². The fourth-order valence-corrected chi connectivity index (χ4v) is 5.46. The number of nitrogens with one attached hydrogen (secondary N) is 2. The van der Waals surface area contributed by atoms with Gasteiger partial charge >= 0.3 is 5.97 Å². The molecule has 0 aliphatic carbocycles. The predicted octanol–water partition coefficient (Wildman–Crippen LogP) is 6.82. The molecule has 0 saturated heterocycles. The molecular formula is C41H41N3O5. The van der Waals surface area contributed by atoms with Gasteiger partial charge in [0.05, 0.1) is 12.0 Å². The van der Waals surface area contributed by atoms with Gasteiger partial charge in [0, 0.05) is 0 Å². The minimum atomic E-state index is -0.982. The zero-order valence-corrected chi connectivity index (χ0v) is 27.4. The third-order valence-electron chi connectivity index (χ3n) is 8.17. The number of para-hydroxylation sites is 1. The van der Waals surface area contributed by atoms with Crippen molar-refractivity contribution in [3.8, 4) is 11.5 Å². The monoisotopic (exact) mass is 655 g/mol. The zero-order valence-electron chi connectivity index (χ0n) is 27.4. The van der Waals surface area contributed by atoms with Gasteiger partial charge in [0.1, 0.15) is 30.2 Å². The number of hydrogen-bond acceptors (Lipinski definition) is 6. The highest BCUT2D eigenvalue weighted by Crippen LogP contribution is 2.26. The average molecular weight is 656 g/mol. The Morgan fingerprint density at radius 3 is 1.67 bits per heavy atom. The van der Waals surface area contributed by atoms with Gasteiger partial charge in [0.2, 0.25) is 11.8 Å². The summed E-state index contributed by atoms with van der Waals surface area (Å²) in [7, 11) is 0. The first-order valence-corrected chi connectivity index (χ1v) is 16.4. The third-order valence-corrected chi connectivity index (χ3v) is 8.17. The molecule has 0 fully saturated rings. The molecule has 0 spiro atoms. The fourth-order valence-electron chi connectivity index (χ4n) is 5.46. The Morgan fingerprint density at radius 2 is 1.10 bits per heavy atom. The van der Waals surface area contributed by atoms with Gasteiger partial charge < -0.3 is 25.8 Å². The maximum atomic E-state index is 14.0. The Labute approximate surface area is 287 Å². The summed E-state index contributed by atoms with van der Waals surface area (Å²) in [5.41, 5.74) is 9.51. The number of nitrogens with two attached hydrogens (primary N) is 1. The largest absolute Gasteiger partial charge is 0.460 e. The molecule has 3 atom stereocenters. The van der Waals surface area contributed by atoms with Gasteiger partial charge in [-0.3, -0.25) is 14.4 Å². The van der Waals surface area contributed by atoms with Gasteiger partial charge in [-0.2, -0.15) is 0 Å². The summed E-state index contributed by atoms with van der Waals surface area (Å²) in [6, 6.07) is 42.7. The van der Waals surface area contributed by atoms with Crippen LogP contribution < -0.4 is 21.1 Å². The standard InChI is InChI=1S/C41H41N3O5/c1-29(31-22-24-35(25-23-31)49-34-20-12-5-13-21-34)43-39(45)37(27-26-36(42)41(47)48-28-30-14-6-2-7-15-30)44-40(46)38(32-16-8-3-9-17-32)33-18-10-4-11-19-33/h2-25,29,36-38H,26-28,42H2,1H3,(H,43,45)(H,44,46)/t29?,36-,37+/m0/s1. The van der Waals surface area contributed by atoms with Crippen LogP contribution in [0.4, 0.5) is 0 Å². The van der Waals surface area contributed by atoms with E-state index in [4.69, 9.17) is 15.2 Å². The molecule has 0 heterocycles. The van der Waals surface area contributed by atoms with Crippen molar-refractivity contribution in [2.75, 3.05) is 0 Å². The molecule has 0 aliphatic rings. The predicted molar refractivity (Wildman–Crippen MR) is 190 cm³/mol. The third kappa shape index (κ3) is 10.1. The topological polar surface area (TPSA) is 120 Å². The molecule has 0 aromatic heterocycles. The molecule has 8 heteroatoms. The van der Waals surface area contributed by atoms with Crippen molar-refractivity contribution in [1.82, 2.24) is 10.6 Å². The SMILES string of the molecule is CC(NC(=O)[C@@H](CC[C@H](N)C(=O)OCc1ccccc1)NC(=O)C(c1ccccc1)c1ccccc1)c1ccc(Oc2ccccc2)cc1. The van der Waals surface area contributed by atoms with Crippen LogP contribution in [-0.2, 0) is 25.7 Å². The molecule has 0 radical (unpaired) electrons. The van der Waals surface area contributed by atoms with Crippen LogP contribution in [0.15, 0.2) is 146 Å². The molecule has 250 valence electrons.